The molecule has 0 aliphatic carbocycles. The molecule has 1 heterocycles. The van der Waals surface area contributed by atoms with E-state index in [-0.39, 0.29) is 17.2 Å². The van der Waals surface area contributed by atoms with Gasteiger partial charge in [-0.2, -0.15) is 0 Å². The first-order chi connectivity index (χ1) is 21.8. The number of fused-ring (bicyclic) bond motifs is 1. The second-order valence-electron chi connectivity index (χ2n) is 9.94. The van der Waals surface area contributed by atoms with Crippen molar-refractivity contribution in [3.05, 3.63) is 132 Å². The third kappa shape index (κ3) is 7.67. The number of para-hydroxylation sites is 2. The Hall–Kier alpha value is -5.61. The topological polar surface area (TPSA) is 129 Å². The Kier molecular flexibility index (Phi) is 9.76. The van der Waals surface area contributed by atoms with Gasteiger partial charge in [-0.1, -0.05) is 54.6 Å². The highest BCUT2D eigenvalue weighted by Crippen LogP contribution is 2.28. The maximum Gasteiger partial charge on any atom is 0.339 e. The molecule has 0 aliphatic heterocycles. The Morgan fingerprint density at radius 1 is 0.844 bits per heavy atom. The summed E-state index contributed by atoms with van der Waals surface area (Å²) in [7, 11) is 1.28. The van der Waals surface area contributed by atoms with Crippen LogP contribution in [0.25, 0.3) is 17.0 Å². The van der Waals surface area contributed by atoms with Crippen molar-refractivity contribution in [1.82, 2.24) is 10.3 Å². The fourth-order valence-corrected chi connectivity index (χ4v) is 5.46. The zero-order valence-electron chi connectivity index (χ0n) is 24.5. The lowest BCUT2D eigenvalue weighted by molar-refractivity contribution is -0.115. The van der Waals surface area contributed by atoms with Gasteiger partial charge in [0.1, 0.15) is 5.70 Å². The minimum absolute atomic E-state index is 0.0590. The van der Waals surface area contributed by atoms with Crippen LogP contribution in [0.2, 0.25) is 0 Å². The average Bonchev–Trinajstić information content (AvgIpc) is 3.47. The number of amides is 3. The predicted molar refractivity (Wildman–Crippen MR) is 177 cm³/mol. The molecule has 0 aliphatic rings. The van der Waals surface area contributed by atoms with Crippen molar-refractivity contribution in [1.29, 1.82) is 0 Å². The summed E-state index contributed by atoms with van der Waals surface area (Å²) in [5.41, 5.74) is 3.20. The number of methoxy groups -OCH3 is 1. The van der Waals surface area contributed by atoms with Crippen molar-refractivity contribution in [2.45, 2.75) is 17.1 Å². The molecule has 0 fully saturated rings. The minimum Gasteiger partial charge on any atom is -0.465 e. The summed E-state index contributed by atoms with van der Waals surface area (Å²) in [6.45, 7) is 1.74. The quantitative estimate of drug-likeness (QED) is 0.0805. The van der Waals surface area contributed by atoms with E-state index in [4.69, 9.17) is 4.74 Å². The number of aromatic amines is 1. The Morgan fingerprint density at radius 2 is 1.58 bits per heavy atom. The number of hydrogen-bond acceptors (Lipinski definition) is 6. The molecule has 1 atom stereocenters. The Morgan fingerprint density at radius 3 is 2.38 bits per heavy atom. The number of rotatable bonds is 10. The van der Waals surface area contributed by atoms with Crippen LogP contribution in [-0.4, -0.2) is 41.0 Å². The summed E-state index contributed by atoms with van der Waals surface area (Å²) >= 11 is 1.29. The van der Waals surface area contributed by atoms with Crippen LogP contribution in [0.3, 0.4) is 0 Å². The van der Waals surface area contributed by atoms with Crippen LogP contribution < -0.4 is 16.0 Å². The number of aromatic nitrogens is 1. The van der Waals surface area contributed by atoms with Crippen molar-refractivity contribution in [2.75, 3.05) is 17.7 Å². The summed E-state index contributed by atoms with van der Waals surface area (Å²) in [6, 6.07) is 30.0. The molecular weight excluding hydrogens is 588 g/mol. The van der Waals surface area contributed by atoms with Gasteiger partial charge in [0.15, 0.2) is 0 Å². The Bertz CT molecular complexity index is 1900. The molecule has 9 nitrogen and oxygen atoms in total. The average molecular weight is 619 g/mol. The van der Waals surface area contributed by atoms with E-state index in [1.54, 1.807) is 85.9 Å². The van der Waals surface area contributed by atoms with Crippen molar-refractivity contribution >= 4 is 63.8 Å². The minimum atomic E-state index is -0.548. The number of anilines is 2. The van der Waals surface area contributed by atoms with Gasteiger partial charge in [0.2, 0.25) is 5.91 Å². The lowest BCUT2D eigenvalue weighted by Gasteiger charge is -2.15. The predicted octanol–water partition coefficient (Wildman–Crippen LogP) is 6.48. The Balaban J connectivity index is 1.32. The van der Waals surface area contributed by atoms with Crippen LogP contribution in [0.1, 0.15) is 33.2 Å². The highest BCUT2D eigenvalue weighted by Gasteiger charge is 2.20. The lowest BCUT2D eigenvalue weighted by Crippen LogP contribution is -2.30. The van der Waals surface area contributed by atoms with Crippen LogP contribution in [0.5, 0.6) is 0 Å². The van der Waals surface area contributed by atoms with Gasteiger partial charge >= 0.3 is 5.97 Å². The van der Waals surface area contributed by atoms with E-state index in [0.717, 1.165) is 21.4 Å². The molecule has 0 saturated heterocycles. The number of carbonyl (C=O) groups is 4. The summed E-state index contributed by atoms with van der Waals surface area (Å²) in [6.07, 6.45) is 3.41. The molecule has 45 heavy (non-hydrogen) atoms. The summed E-state index contributed by atoms with van der Waals surface area (Å²) in [4.78, 5) is 55.6. The number of esters is 1. The zero-order valence-corrected chi connectivity index (χ0v) is 25.3. The van der Waals surface area contributed by atoms with Crippen molar-refractivity contribution in [3.8, 4) is 0 Å². The SMILES string of the molecule is COC(=O)c1ccccc1NC(=O)C(C)Sc1cccc(NC(=O)/C(=C\c2c[nH]c3ccccc23)NC(=O)c2ccccc2)c1. The number of thioether (sulfide) groups is 1. The number of benzene rings is 4. The normalized spacial score (nSPS) is 11.8. The molecule has 1 unspecified atom stereocenters. The van der Waals surface area contributed by atoms with E-state index in [2.05, 4.69) is 20.9 Å². The third-order valence-corrected chi connectivity index (χ3v) is 7.91. The molecule has 0 radical (unpaired) electrons. The maximum absolute atomic E-state index is 13.6. The second kappa shape index (κ2) is 14.2. The van der Waals surface area contributed by atoms with Gasteiger partial charge in [0, 0.05) is 38.8 Å². The van der Waals surface area contributed by atoms with E-state index < -0.39 is 23.0 Å². The monoisotopic (exact) mass is 618 g/mol. The molecule has 4 aromatic carbocycles. The Labute approximate surface area is 264 Å². The van der Waals surface area contributed by atoms with Crippen molar-refractivity contribution in [3.63, 3.8) is 0 Å². The summed E-state index contributed by atoms with van der Waals surface area (Å²) < 4.78 is 4.81. The van der Waals surface area contributed by atoms with E-state index in [9.17, 15) is 19.2 Å². The standard InChI is InChI=1S/C35H30N4O5S/c1-22(32(40)38-30-18-9-7-16-28(30)35(43)44-2)45-26-14-10-13-25(20-26)37-34(42)31(39-33(41)23-11-4-3-5-12-23)19-24-21-36-29-17-8-6-15-27(24)29/h3-22,36H,1-2H3,(H,37,42)(H,38,40)(H,39,41)/b31-19+. The first-order valence-corrected chi connectivity index (χ1v) is 14.9. The van der Waals surface area contributed by atoms with Crippen LogP contribution in [-0.2, 0) is 14.3 Å². The number of nitrogens with one attached hydrogen (secondary N) is 4. The van der Waals surface area contributed by atoms with E-state index in [1.165, 1.54) is 18.9 Å². The highest BCUT2D eigenvalue weighted by atomic mass is 32.2. The van der Waals surface area contributed by atoms with Gasteiger partial charge in [-0.25, -0.2) is 4.79 Å². The molecular formula is C35H30N4O5S. The number of H-pyrrole nitrogens is 1. The molecule has 0 saturated carbocycles. The van der Waals surface area contributed by atoms with E-state index in [1.807, 2.05) is 36.4 Å². The lowest BCUT2D eigenvalue weighted by atomic mass is 10.1. The molecule has 3 amide bonds. The molecule has 0 spiro atoms. The van der Waals surface area contributed by atoms with Gasteiger partial charge in [0.05, 0.1) is 23.6 Å². The van der Waals surface area contributed by atoms with Crippen molar-refractivity contribution < 1.29 is 23.9 Å². The second-order valence-corrected chi connectivity index (χ2v) is 11.4. The van der Waals surface area contributed by atoms with Crippen molar-refractivity contribution in [2.24, 2.45) is 0 Å². The fourth-order valence-electron chi connectivity index (χ4n) is 4.53. The summed E-state index contributed by atoms with van der Waals surface area (Å²) in [5.74, 6) is -1.79. The van der Waals surface area contributed by atoms with Gasteiger partial charge in [-0.05, 0) is 61.5 Å². The summed E-state index contributed by atoms with van der Waals surface area (Å²) in [5, 5.41) is 8.79. The van der Waals surface area contributed by atoms with Gasteiger partial charge in [-0.3, -0.25) is 14.4 Å². The van der Waals surface area contributed by atoms with E-state index in [0.29, 0.717) is 16.9 Å². The van der Waals surface area contributed by atoms with Gasteiger partial charge in [-0.15, -0.1) is 11.8 Å². The maximum atomic E-state index is 13.6. The molecule has 1 aromatic heterocycles. The molecule has 226 valence electrons. The van der Waals surface area contributed by atoms with Gasteiger partial charge < -0.3 is 25.7 Å². The van der Waals surface area contributed by atoms with Crippen LogP contribution >= 0.6 is 11.8 Å². The smallest absolute Gasteiger partial charge is 0.339 e. The molecule has 4 N–H and O–H groups in total. The third-order valence-electron chi connectivity index (χ3n) is 6.81. The van der Waals surface area contributed by atoms with Crippen LogP contribution in [0, 0.1) is 0 Å². The molecule has 5 rings (SSSR count). The van der Waals surface area contributed by atoms with Crippen LogP contribution in [0.4, 0.5) is 11.4 Å². The fraction of sp³-hybridized carbons (Fsp3) is 0.0857. The van der Waals surface area contributed by atoms with Crippen LogP contribution in [0.15, 0.2) is 120 Å². The molecule has 5 aromatic rings. The molecule has 10 heteroatoms. The molecule has 0 bridgehead atoms. The zero-order chi connectivity index (χ0) is 31.8. The van der Waals surface area contributed by atoms with Gasteiger partial charge in [0.25, 0.3) is 11.8 Å². The first-order valence-electron chi connectivity index (χ1n) is 14.0. The van der Waals surface area contributed by atoms with E-state index >= 15 is 0 Å². The largest absolute Gasteiger partial charge is 0.465 e. The number of ether oxygens (including phenoxy) is 1. The number of hydrogen-bond donors (Lipinski definition) is 4. The first kappa shape index (κ1) is 30.8. The number of carbonyl (C=O) groups excluding carboxylic acids is 4. The highest BCUT2D eigenvalue weighted by molar-refractivity contribution is 8.00.